The lowest BCUT2D eigenvalue weighted by atomic mass is 10.2. The van der Waals surface area contributed by atoms with Crippen LogP contribution in [-0.2, 0) is 6.42 Å². The topological polar surface area (TPSA) is 63.3 Å². The third kappa shape index (κ3) is 1.20. The maximum absolute atomic E-state index is 9.36. The molecule has 2 heterocycles. The summed E-state index contributed by atoms with van der Waals surface area (Å²) in [4.78, 5) is 4.26. The van der Waals surface area contributed by atoms with Crippen LogP contribution in [0.15, 0.2) is 29.5 Å². The van der Waals surface area contributed by atoms with Crippen molar-refractivity contribution < 1.29 is 5.11 Å². The van der Waals surface area contributed by atoms with Crippen molar-refractivity contribution in [3.8, 4) is 11.4 Å². The van der Waals surface area contributed by atoms with E-state index in [4.69, 9.17) is 0 Å². The SMILES string of the molecule is Oc1ccc2c(c1)N=CCc1nncn1-2. The summed E-state index contributed by atoms with van der Waals surface area (Å²) in [5, 5.41) is 17.2. The van der Waals surface area contributed by atoms with Crippen molar-refractivity contribution in [2.75, 3.05) is 0 Å². The van der Waals surface area contributed by atoms with Crippen molar-refractivity contribution in [3.05, 3.63) is 30.4 Å². The van der Waals surface area contributed by atoms with Gasteiger partial charge in [0.1, 0.15) is 17.9 Å². The van der Waals surface area contributed by atoms with Gasteiger partial charge < -0.3 is 5.11 Å². The van der Waals surface area contributed by atoms with Crippen molar-refractivity contribution in [2.24, 2.45) is 4.99 Å². The van der Waals surface area contributed by atoms with Crippen molar-refractivity contribution in [1.29, 1.82) is 0 Å². The molecule has 0 saturated carbocycles. The van der Waals surface area contributed by atoms with Crippen LogP contribution >= 0.6 is 0 Å². The van der Waals surface area contributed by atoms with Crippen LogP contribution in [0.5, 0.6) is 5.75 Å². The Hall–Kier alpha value is -2.17. The zero-order valence-corrected chi connectivity index (χ0v) is 7.83. The fraction of sp³-hybridized carbons (Fsp3) is 0.100. The molecule has 0 unspecified atom stereocenters. The first kappa shape index (κ1) is 8.16. The molecule has 0 amide bonds. The Balaban J connectivity index is 2.31. The number of rotatable bonds is 0. The molecule has 1 aliphatic rings. The van der Waals surface area contributed by atoms with Gasteiger partial charge in [0.25, 0.3) is 0 Å². The van der Waals surface area contributed by atoms with Gasteiger partial charge in [0.15, 0.2) is 0 Å². The zero-order valence-electron chi connectivity index (χ0n) is 7.83. The van der Waals surface area contributed by atoms with Crippen molar-refractivity contribution >= 4 is 11.9 Å². The number of hydrogen-bond donors (Lipinski definition) is 1. The van der Waals surface area contributed by atoms with Crippen LogP contribution in [0.1, 0.15) is 5.82 Å². The number of aliphatic imine (C=N–C) groups is 1. The lowest BCUT2D eigenvalue weighted by molar-refractivity contribution is 0.475. The molecule has 74 valence electrons. The molecule has 3 rings (SSSR count). The molecular formula is C10H8N4O. The monoisotopic (exact) mass is 200 g/mol. The average Bonchev–Trinajstić information content (AvgIpc) is 2.61. The number of aromatic hydroxyl groups is 1. The minimum Gasteiger partial charge on any atom is -0.508 e. The molecule has 0 bridgehead atoms. The third-order valence-electron chi connectivity index (χ3n) is 2.34. The van der Waals surface area contributed by atoms with Crippen molar-refractivity contribution in [2.45, 2.75) is 6.42 Å². The summed E-state index contributed by atoms with van der Waals surface area (Å²) in [6.07, 6.45) is 4.07. The van der Waals surface area contributed by atoms with Gasteiger partial charge in [-0.05, 0) is 12.1 Å². The van der Waals surface area contributed by atoms with Crippen LogP contribution in [0.25, 0.3) is 5.69 Å². The Morgan fingerprint density at radius 3 is 3.20 bits per heavy atom. The van der Waals surface area contributed by atoms with Crippen LogP contribution in [-0.4, -0.2) is 26.1 Å². The number of hydrogen-bond acceptors (Lipinski definition) is 4. The summed E-state index contributed by atoms with van der Waals surface area (Å²) >= 11 is 0. The highest BCUT2D eigenvalue weighted by atomic mass is 16.3. The molecule has 0 aliphatic carbocycles. The van der Waals surface area contributed by atoms with Gasteiger partial charge in [-0.15, -0.1) is 10.2 Å². The second-order valence-electron chi connectivity index (χ2n) is 3.31. The van der Waals surface area contributed by atoms with Crippen LogP contribution < -0.4 is 0 Å². The van der Waals surface area contributed by atoms with E-state index in [1.54, 1.807) is 30.7 Å². The highest BCUT2D eigenvalue weighted by Crippen LogP contribution is 2.29. The van der Waals surface area contributed by atoms with Crippen molar-refractivity contribution in [3.63, 3.8) is 0 Å². The van der Waals surface area contributed by atoms with Gasteiger partial charge in [-0.3, -0.25) is 9.56 Å². The smallest absolute Gasteiger partial charge is 0.142 e. The molecule has 0 atom stereocenters. The van der Waals surface area contributed by atoms with Gasteiger partial charge in [0, 0.05) is 18.7 Å². The van der Waals surface area contributed by atoms with E-state index in [9.17, 15) is 5.11 Å². The molecule has 1 aromatic heterocycles. The van der Waals surface area contributed by atoms with Gasteiger partial charge in [0.2, 0.25) is 0 Å². The predicted octanol–water partition coefficient (Wildman–Crippen LogP) is 1.23. The minimum absolute atomic E-state index is 0.211. The molecule has 5 heteroatoms. The molecule has 15 heavy (non-hydrogen) atoms. The van der Waals surface area contributed by atoms with Gasteiger partial charge in [0.05, 0.1) is 11.4 Å². The first-order valence-electron chi connectivity index (χ1n) is 4.59. The van der Waals surface area contributed by atoms with Gasteiger partial charge in [-0.2, -0.15) is 0 Å². The third-order valence-corrected chi connectivity index (χ3v) is 2.34. The number of fused-ring (bicyclic) bond motifs is 3. The van der Waals surface area contributed by atoms with E-state index in [0.717, 1.165) is 17.2 Å². The second-order valence-corrected chi connectivity index (χ2v) is 3.31. The Labute approximate surface area is 85.7 Å². The Bertz CT molecular complexity index is 544. The maximum atomic E-state index is 9.36. The minimum atomic E-state index is 0.211. The first-order chi connectivity index (χ1) is 7.34. The molecule has 0 fully saturated rings. The van der Waals surface area contributed by atoms with Crippen LogP contribution in [0.3, 0.4) is 0 Å². The Morgan fingerprint density at radius 2 is 2.27 bits per heavy atom. The summed E-state index contributed by atoms with van der Waals surface area (Å²) in [7, 11) is 0. The zero-order chi connectivity index (χ0) is 10.3. The Kier molecular flexibility index (Phi) is 1.58. The summed E-state index contributed by atoms with van der Waals surface area (Å²) in [6.45, 7) is 0. The molecule has 5 nitrogen and oxygen atoms in total. The lowest BCUT2D eigenvalue weighted by Crippen LogP contribution is -1.98. The van der Waals surface area contributed by atoms with Crippen LogP contribution in [0.4, 0.5) is 5.69 Å². The number of phenolic OH excluding ortho intramolecular Hbond substituents is 1. The quantitative estimate of drug-likeness (QED) is 0.695. The predicted molar refractivity (Wildman–Crippen MR) is 54.9 cm³/mol. The van der Waals surface area contributed by atoms with E-state index in [2.05, 4.69) is 15.2 Å². The van der Waals surface area contributed by atoms with E-state index in [1.165, 1.54) is 0 Å². The molecule has 0 spiro atoms. The first-order valence-corrected chi connectivity index (χ1v) is 4.59. The summed E-state index contributed by atoms with van der Waals surface area (Å²) in [5.41, 5.74) is 1.62. The van der Waals surface area contributed by atoms with E-state index >= 15 is 0 Å². The number of benzene rings is 1. The number of phenols is 1. The molecule has 2 aromatic rings. The van der Waals surface area contributed by atoms with Gasteiger partial charge in [-0.1, -0.05) is 0 Å². The van der Waals surface area contributed by atoms with Crippen LogP contribution in [0.2, 0.25) is 0 Å². The molecule has 0 saturated heterocycles. The maximum Gasteiger partial charge on any atom is 0.142 e. The van der Waals surface area contributed by atoms with E-state index < -0.39 is 0 Å². The fourth-order valence-corrected chi connectivity index (χ4v) is 1.64. The standard InChI is InChI=1S/C10H8N4O/c15-7-1-2-9-8(5-7)11-4-3-10-13-12-6-14(9)10/h1-2,4-6,15H,3H2. The highest BCUT2D eigenvalue weighted by Gasteiger charge is 2.12. The van der Waals surface area contributed by atoms with Gasteiger partial charge >= 0.3 is 0 Å². The van der Waals surface area contributed by atoms with E-state index in [1.807, 2.05) is 4.57 Å². The largest absolute Gasteiger partial charge is 0.508 e. The fourth-order valence-electron chi connectivity index (χ4n) is 1.64. The summed E-state index contributed by atoms with van der Waals surface area (Å²) in [5.74, 6) is 1.06. The average molecular weight is 200 g/mol. The molecule has 0 radical (unpaired) electrons. The number of aromatic nitrogens is 3. The van der Waals surface area contributed by atoms with Gasteiger partial charge in [-0.25, -0.2) is 0 Å². The normalized spacial score (nSPS) is 13.1. The molecular weight excluding hydrogens is 192 g/mol. The lowest BCUT2D eigenvalue weighted by Gasteiger charge is -2.05. The molecule has 1 N–H and O–H groups in total. The van der Waals surface area contributed by atoms with E-state index in [0.29, 0.717) is 6.42 Å². The summed E-state index contributed by atoms with van der Waals surface area (Å²) < 4.78 is 1.88. The molecule has 1 aliphatic heterocycles. The highest BCUT2D eigenvalue weighted by molar-refractivity contribution is 5.73. The summed E-state index contributed by atoms with van der Waals surface area (Å²) in [6, 6.07) is 5.06. The van der Waals surface area contributed by atoms with E-state index in [-0.39, 0.29) is 5.75 Å². The molecule has 1 aromatic carbocycles. The van der Waals surface area contributed by atoms with Crippen molar-refractivity contribution in [1.82, 2.24) is 14.8 Å². The second kappa shape index (κ2) is 2.91. The number of nitrogens with zero attached hydrogens (tertiary/aromatic N) is 4. The van der Waals surface area contributed by atoms with Crippen LogP contribution in [0, 0.1) is 0 Å². The Morgan fingerprint density at radius 1 is 1.33 bits per heavy atom.